The number of methoxy groups -OCH3 is 1. The lowest BCUT2D eigenvalue weighted by Gasteiger charge is -2.29. The fourth-order valence-corrected chi connectivity index (χ4v) is 3.47. The fourth-order valence-electron chi connectivity index (χ4n) is 3.20. The number of rotatable bonds is 6. The number of hydrogen-bond acceptors (Lipinski definition) is 5. The molecule has 2 aromatic rings. The summed E-state index contributed by atoms with van der Waals surface area (Å²) in [6.07, 6.45) is 1.81. The third-order valence-corrected chi connectivity index (χ3v) is 4.77. The van der Waals surface area contributed by atoms with E-state index in [1.807, 2.05) is 31.2 Å². The molecule has 0 N–H and O–H groups in total. The first-order valence-electron chi connectivity index (χ1n) is 9.10. The highest BCUT2D eigenvalue weighted by Crippen LogP contribution is 2.36. The van der Waals surface area contributed by atoms with Gasteiger partial charge in [0.2, 0.25) is 0 Å². The van der Waals surface area contributed by atoms with Crippen LogP contribution in [0.5, 0.6) is 11.5 Å². The molecule has 0 bridgehead atoms. The Balaban J connectivity index is 1.69. The van der Waals surface area contributed by atoms with Crippen molar-refractivity contribution in [2.75, 3.05) is 31.8 Å². The predicted octanol–water partition coefficient (Wildman–Crippen LogP) is 3.88. The minimum absolute atomic E-state index is 0.192. The maximum Gasteiger partial charge on any atom is 0.338 e. The Morgan fingerprint density at radius 1 is 1.21 bits per heavy atom. The molecule has 28 heavy (non-hydrogen) atoms. The Morgan fingerprint density at radius 2 is 2.00 bits per heavy atom. The summed E-state index contributed by atoms with van der Waals surface area (Å²) < 4.78 is 15.9. The number of esters is 1. The lowest BCUT2D eigenvalue weighted by atomic mass is 10.0. The molecule has 1 heterocycles. The van der Waals surface area contributed by atoms with E-state index in [-0.39, 0.29) is 23.1 Å². The number of anilines is 1. The first-order valence-corrected chi connectivity index (χ1v) is 9.48. The number of benzene rings is 2. The molecule has 0 unspecified atom stereocenters. The van der Waals surface area contributed by atoms with Crippen LogP contribution >= 0.6 is 11.6 Å². The third kappa shape index (κ3) is 4.22. The topological polar surface area (TPSA) is 65.1 Å². The zero-order valence-corrected chi connectivity index (χ0v) is 16.6. The minimum atomic E-state index is -0.651. The smallest absolute Gasteiger partial charge is 0.338 e. The molecule has 0 saturated carbocycles. The summed E-state index contributed by atoms with van der Waals surface area (Å²) in [4.78, 5) is 26.7. The van der Waals surface area contributed by atoms with Crippen molar-refractivity contribution in [3.63, 3.8) is 0 Å². The lowest BCUT2D eigenvalue weighted by molar-refractivity contribution is -0.121. The first-order chi connectivity index (χ1) is 13.5. The number of carbonyl (C=O) groups is 2. The summed E-state index contributed by atoms with van der Waals surface area (Å²) in [5, 5.41) is 0.240. The number of ether oxygens (including phenoxy) is 3. The molecule has 1 aliphatic rings. The van der Waals surface area contributed by atoms with Gasteiger partial charge in [-0.25, -0.2) is 4.79 Å². The highest BCUT2D eigenvalue weighted by atomic mass is 35.5. The molecule has 1 amide bonds. The number of para-hydroxylation sites is 1. The monoisotopic (exact) mass is 403 g/mol. The largest absolute Gasteiger partial charge is 0.493 e. The van der Waals surface area contributed by atoms with Crippen LogP contribution in [-0.2, 0) is 16.0 Å². The van der Waals surface area contributed by atoms with Crippen LogP contribution < -0.4 is 14.4 Å². The van der Waals surface area contributed by atoms with Crippen molar-refractivity contribution >= 4 is 29.2 Å². The van der Waals surface area contributed by atoms with Crippen LogP contribution in [0.4, 0.5) is 5.69 Å². The summed E-state index contributed by atoms with van der Waals surface area (Å²) in [6.45, 7) is 2.49. The highest BCUT2D eigenvalue weighted by Gasteiger charge is 2.24. The van der Waals surface area contributed by atoms with Crippen molar-refractivity contribution in [2.45, 2.75) is 19.8 Å². The number of nitrogens with zero attached hydrogens (tertiary/aromatic N) is 1. The van der Waals surface area contributed by atoms with Crippen LogP contribution in [0.25, 0.3) is 0 Å². The SMILES string of the molecule is CCOc1c(Cl)cc(C(=O)OCC(=O)N2CCCc3ccccc32)cc1OC. The lowest BCUT2D eigenvalue weighted by Crippen LogP contribution is -2.38. The van der Waals surface area contributed by atoms with E-state index in [2.05, 4.69) is 0 Å². The fraction of sp³-hybridized carbons (Fsp3) is 0.333. The quantitative estimate of drug-likeness (QED) is 0.685. The Labute approximate surface area is 168 Å². The summed E-state index contributed by atoms with van der Waals surface area (Å²) in [5.74, 6) is -0.215. The highest BCUT2D eigenvalue weighted by molar-refractivity contribution is 6.32. The Morgan fingerprint density at radius 3 is 2.75 bits per heavy atom. The molecule has 0 saturated heterocycles. The van der Waals surface area contributed by atoms with E-state index in [9.17, 15) is 9.59 Å². The van der Waals surface area contributed by atoms with Gasteiger partial charge in [0.1, 0.15) is 0 Å². The molecule has 148 valence electrons. The van der Waals surface area contributed by atoms with Crippen molar-refractivity contribution in [1.29, 1.82) is 0 Å². The number of carbonyl (C=O) groups excluding carboxylic acids is 2. The maximum absolute atomic E-state index is 12.6. The third-order valence-electron chi connectivity index (χ3n) is 4.49. The number of fused-ring (bicyclic) bond motifs is 1. The van der Waals surface area contributed by atoms with Gasteiger partial charge >= 0.3 is 5.97 Å². The summed E-state index contributed by atoms with van der Waals surface area (Å²) >= 11 is 6.19. The molecule has 0 radical (unpaired) electrons. The molecule has 0 spiro atoms. The van der Waals surface area contributed by atoms with E-state index in [0.717, 1.165) is 24.1 Å². The van der Waals surface area contributed by atoms with Gasteiger partial charge in [0.15, 0.2) is 18.1 Å². The van der Waals surface area contributed by atoms with Crippen LogP contribution in [0.3, 0.4) is 0 Å². The standard InChI is InChI=1S/C21H22ClNO5/c1-3-27-20-16(22)11-15(12-18(20)26-2)21(25)28-13-19(24)23-10-6-8-14-7-4-5-9-17(14)23/h4-5,7,9,11-12H,3,6,8,10,13H2,1-2H3. The van der Waals surface area contributed by atoms with Crippen molar-refractivity contribution < 1.29 is 23.8 Å². The van der Waals surface area contributed by atoms with E-state index in [1.165, 1.54) is 19.2 Å². The van der Waals surface area contributed by atoms with E-state index >= 15 is 0 Å². The Hall–Kier alpha value is -2.73. The van der Waals surface area contributed by atoms with Gasteiger partial charge < -0.3 is 19.1 Å². The van der Waals surface area contributed by atoms with Gasteiger partial charge in [-0.05, 0) is 43.5 Å². The average Bonchev–Trinajstić information content (AvgIpc) is 2.72. The van der Waals surface area contributed by atoms with E-state index in [4.69, 9.17) is 25.8 Å². The summed E-state index contributed by atoms with van der Waals surface area (Å²) in [5.41, 5.74) is 2.19. The molecule has 0 aromatic heterocycles. The van der Waals surface area contributed by atoms with Crippen LogP contribution in [0.1, 0.15) is 29.3 Å². The van der Waals surface area contributed by atoms with Gasteiger partial charge in [-0.3, -0.25) is 4.79 Å². The minimum Gasteiger partial charge on any atom is -0.493 e. The second kappa shape index (κ2) is 8.97. The molecule has 0 aliphatic carbocycles. The molecule has 0 fully saturated rings. The van der Waals surface area contributed by atoms with Crippen molar-refractivity contribution in [3.05, 3.63) is 52.5 Å². The molecule has 3 rings (SSSR count). The average molecular weight is 404 g/mol. The molecular formula is C21H22ClNO5. The maximum atomic E-state index is 12.6. The second-order valence-corrected chi connectivity index (χ2v) is 6.68. The number of halogens is 1. The summed E-state index contributed by atoms with van der Waals surface area (Å²) in [6, 6.07) is 10.7. The molecule has 7 heteroatoms. The molecule has 1 aliphatic heterocycles. The van der Waals surface area contributed by atoms with Gasteiger partial charge in [-0.1, -0.05) is 29.8 Å². The van der Waals surface area contributed by atoms with Crippen molar-refractivity contribution in [2.24, 2.45) is 0 Å². The van der Waals surface area contributed by atoms with Gasteiger partial charge in [0.25, 0.3) is 5.91 Å². The van der Waals surface area contributed by atoms with E-state index in [0.29, 0.717) is 24.7 Å². The van der Waals surface area contributed by atoms with Crippen LogP contribution in [0, 0.1) is 0 Å². The van der Waals surface area contributed by atoms with Crippen molar-refractivity contribution in [3.8, 4) is 11.5 Å². The van der Waals surface area contributed by atoms with Gasteiger partial charge in [0.05, 0.1) is 24.3 Å². The Kier molecular flexibility index (Phi) is 6.41. The predicted molar refractivity (Wildman–Crippen MR) is 107 cm³/mol. The number of amides is 1. The van der Waals surface area contributed by atoms with Crippen LogP contribution in [0.15, 0.2) is 36.4 Å². The molecular weight excluding hydrogens is 382 g/mol. The molecule has 0 atom stereocenters. The first kappa shape index (κ1) is 20.0. The molecule has 6 nitrogen and oxygen atoms in total. The zero-order chi connectivity index (χ0) is 20.1. The Bertz CT molecular complexity index is 883. The second-order valence-electron chi connectivity index (χ2n) is 6.28. The normalized spacial score (nSPS) is 12.9. The summed E-state index contributed by atoms with van der Waals surface area (Å²) in [7, 11) is 1.46. The van der Waals surface area contributed by atoms with Gasteiger partial charge in [-0.2, -0.15) is 0 Å². The van der Waals surface area contributed by atoms with Crippen LogP contribution in [0.2, 0.25) is 5.02 Å². The van der Waals surface area contributed by atoms with E-state index in [1.54, 1.807) is 4.90 Å². The van der Waals surface area contributed by atoms with Crippen LogP contribution in [-0.4, -0.2) is 38.7 Å². The zero-order valence-electron chi connectivity index (χ0n) is 15.9. The van der Waals surface area contributed by atoms with Gasteiger partial charge in [0, 0.05) is 12.2 Å². The number of hydrogen-bond donors (Lipinski definition) is 0. The van der Waals surface area contributed by atoms with Crippen molar-refractivity contribution in [1.82, 2.24) is 0 Å². The molecule has 2 aromatic carbocycles. The van der Waals surface area contributed by atoms with Gasteiger partial charge in [-0.15, -0.1) is 0 Å². The number of aryl methyl sites for hydroxylation is 1. The van der Waals surface area contributed by atoms with E-state index < -0.39 is 5.97 Å².